The van der Waals surface area contributed by atoms with Gasteiger partial charge in [-0.2, -0.15) is 5.26 Å². The van der Waals surface area contributed by atoms with Crippen LogP contribution in [0.2, 0.25) is 0 Å². The average Bonchev–Trinajstić information content (AvgIpc) is 2.31. The van der Waals surface area contributed by atoms with E-state index in [1.807, 2.05) is 30.3 Å². The van der Waals surface area contributed by atoms with Crippen LogP contribution in [-0.4, -0.2) is 17.8 Å². The zero-order valence-corrected chi connectivity index (χ0v) is 10.5. The number of carbonyl (C=O) groups excluding carboxylic acids is 1. The smallest absolute Gasteiger partial charge is 0.227 e. The summed E-state index contributed by atoms with van der Waals surface area (Å²) in [7, 11) is 0. The predicted molar refractivity (Wildman–Crippen MR) is 67.4 cm³/mol. The molecule has 0 fully saturated rings. The van der Waals surface area contributed by atoms with Crippen molar-refractivity contribution >= 4 is 27.5 Å². The van der Waals surface area contributed by atoms with Crippen LogP contribution in [0.1, 0.15) is 12.8 Å². The van der Waals surface area contributed by atoms with Gasteiger partial charge in [0.2, 0.25) is 5.91 Å². The number of halogens is 1. The Morgan fingerprint density at radius 2 is 2.06 bits per heavy atom. The summed E-state index contributed by atoms with van der Waals surface area (Å²) in [6.07, 6.45) is 0.795. The van der Waals surface area contributed by atoms with Gasteiger partial charge in [-0.25, -0.2) is 0 Å². The SMILES string of the molecule is N#CCCN(C(=O)CCBr)c1ccccc1. The van der Waals surface area contributed by atoms with E-state index in [9.17, 15) is 4.79 Å². The summed E-state index contributed by atoms with van der Waals surface area (Å²) < 4.78 is 0. The molecule has 0 aliphatic rings. The zero-order chi connectivity index (χ0) is 11.8. The molecule has 3 nitrogen and oxygen atoms in total. The Bertz CT molecular complexity index is 372. The molecule has 0 unspecified atom stereocenters. The second-order valence-corrected chi connectivity index (χ2v) is 4.02. The Morgan fingerprint density at radius 1 is 1.38 bits per heavy atom. The molecule has 1 amide bonds. The van der Waals surface area contributed by atoms with Crippen LogP contribution in [0.4, 0.5) is 5.69 Å². The number of benzene rings is 1. The van der Waals surface area contributed by atoms with Crippen LogP contribution in [0.3, 0.4) is 0 Å². The van der Waals surface area contributed by atoms with Crippen molar-refractivity contribution in [3.8, 4) is 6.07 Å². The highest BCUT2D eigenvalue weighted by molar-refractivity contribution is 9.09. The van der Waals surface area contributed by atoms with Gasteiger partial charge in [0.05, 0.1) is 12.5 Å². The van der Waals surface area contributed by atoms with E-state index in [-0.39, 0.29) is 5.91 Å². The van der Waals surface area contributed by atoms with E-state index in [0.717, 1.165) is 5.69 Å². The predicted octanol–water partition coefficient (Wildman–Crippen LogP) is 2.72. The lowest BCUT2D eigenvalue weighted by atomic mass is 10.2. The molecule has 0 N–H and O–H groups in total. The van der Waals surface area contributed by atoms with E-state index >= 15 is 0 Å². The van der Waals surface area contributed by atoms with E-state index in [0.29, 0.717) is 24.7 Å². The summed E-state index contributed by atoms with van der Waals surface area (Å²) in [5, 5.41) is 9.22. The fraction of sp³-hybridized carbons (Fsp3) is 0.333. The van der Waals surface area contributed by atoms with Gasteiger partial charge in [-0.05, 0) is 12.1 Å². The molecule has 0 heterocycles. The topological polar surface area (TPSA) is 44.1 Å². The Morgan fingerprint density at radius 3 is 2.62 bits per heavy atom. The number of alkyl halides is 1. The van der Waals surface area contributed by atoms with Crippen LogP contribution in [0, 0.1) is 11.3 Å². The summed E-state index contributed by atoms with van der Waals surface area (Å²) in [6, 6.07) is 11.5. The maximum Gasteiger partial charge on any atom is 0.227 e. The minimum atomic E-state index is 0.0401. The molecule has 0 aliphatic heterocycles. The fourth-order valence-corrected chi connectivity index (χ4v) is 1.72. The average molecular weight is 281 g/mol. The highest BCUT2D eigenvalue weighted by Crippen LogP contribution is 2.15. The molecule has 0 saturated heterocycles. The third-order valence-electron chi connectivity index (χ3n) is 2.12. The van der Waals surface area contributed by atoms with Gasteiger partial charge in [0.25, 0.3) is 0 Å². The number of amides is 1. The lowest BCUT2D eigenvalue weighted by Crippen LogP contribution is -2.31. The van der Waals surface area contributed by atoms with Gasteiger partial charge in [0.1, 0.15) is 0 Å². The van der Waals surface area contributed by atoms with E-state index in [2.05, 4.69) is 22.0 Å². The van der Waals surface area contributed by atoms with Gasteiger partial charge in [-0.3, -0.25) is 4.79 Å². The van der Waals surface area contributed by atoms with Crippen molar-refractivity contribution in [1.82, 2.24) is 0 Å². The third-order valence-corrected chi connectivity index (χ3v) is 2.52. The lowest BCUT2D eigenvalue weighted by molar-refractivity contribution is -0.118. The second-order valence-electron chi connectivity index (χ2n) is 3.23. The van der Waals surface area contributed by atoms with Gasteiger partial charge in [-0.15, -0.1) is 0 Å². The lowest BCUT2D eigenvalue weighted by Gasteiger charge is -2.21. The summed E-state index contributed by atoms with van der Waals surface area (Å²) in [5.41, 5.74) is 0.851. The van der Waals surface area contributed by atoms with Crippen LogP contribution in [-0.2, 0) is 4.79 Å². The van der Waals surface area contributed by atoms with Gasteiger partial charge >= 0.3 is 0 Å². The number of nitrogens with zero attached hydrogens (tertiary/aromatic N) is 2. The normalized spacial score (nSPS) is 9.50. The van der Waals surface area contributed by atoms with Crippen molar-refractivity contribution in [2.45, 2.75) is 12.8 Å². The highest BCUT2D eigenvalue weighted by Gasteiger charge is 2.13. The molecule has 16 heavy (non-hydrogen) atoms. The first kappa shape index (κ1) is 12.7. The van der Waals surface area contributed by atoms with Crippen LogP contribution in [0.25, 0.3) is 0 Å². The maximum atomic E-state index is 11.8. The van der Waals surface area contributed by atoms with E-state index in [1.54, 1.807) is 4.90 Å². The number of para-hydroxylation sites is 1. The quantitative estimate of drug-likeness (QED) is 0.779. The molecule has 84 valence electrons. The van der Waals surface area contributed by atoms with E-state index < -0.39 is 0 Å². The van der Waals surface area contributed by atoms with Crippen molar-refractivity contribution in [2.24, 2.45) is 0 Å². The molecular weight excluding hydrogens is 268 g/mol. The van der Waals surface area contributed by atoms with Crippen LogP contribution in [0.15, 0.2) is 30.3 Å². The summed E-state index contributed by atoms with van der Waals surface area (Å²) in [5.74, 6) is 0.0401. The summed E-state index contributed by atoms with van der Waals surface area (Å²) >= 11 is 3.25. The molecule has 0 spiro atoms. The zero-order valence-electron chi connectivity index (χ0n) is 8.90. The van der Waals surface area contributed by atoms with E-state index in [1.165, 1.54) is 0 Å². The standard InChI is InChI=1S/C12H13BrN2O/c13-8-7-12(16)15(10-4-9-14)11-5-2-1-3-6-11/h1-3,5-6H,4,7-8,10H2. The molecule has 4 heteroatoms. The Balaban J connectivity index is 2.79. The highest BCUT2D eigenvalue weighted by atomic mass is 79.9. The second kappa shape index (κ2) is 7.02. The van der Waals surface area contributed by atoms with Crippen molar-refractivity contribution in [3.63, 3.8) is 0 Å². The minimum absolute atomic E-state index is 0.0401. The Labute approximate surface area is 104 Å². The fourth-order valence-electron chi connectivity index (χ4n) is 1.38. The first-order valence-electron chi connectivity index (χ1n) is 5.08. The largest absolute Gasteiger partial charge is 0.311 e. The molecular formula is C12H13BrN2O. The van der Waals surface area contributed by atoms with Gasteiger partial charge in [0.15, 0.2) is 0 Å². The minimum Gasteiger partial charge on any atom is -0.311 e. The number of nitriles is 1. The molecule has 0 saturated carbocycles. The summed E-state index contributed by atoms with van der Waals surface area (Å²) in [4.78, 5) is 13.5. The number of anilines is 1. The Kier molecular flexibility index (Phi) is 5.58. The third kappa shape index (κ3) is 3.67. The number of carbonyl (C=O) groups is 1. The van der Waals surface area contributed by atoms with Crippen molar-refractivity contribution < 1.29 is 4.79 Å². The number of hydrogen-bond donors (Lipinski definition) is 0. The van der Waals surface area contributed by atoms with Crippen molar-refractivity contribution in [1.29, 1.82) is 5.26 Å². The molecule has 1 aromatic rings. The molecule has 0 aliphatic carbocycles. The first-order chi connectivity index (χ1) is 7.79. The number of rotatable bonds is 5. The molecule has 0 atom stereocenters. The monoisotopic (exact) mass is 280 g/mol. The molecule has 0 aromatic heterocycles. The van der Waals surface area contributed by atoms with Gasteiger partial charge < -0.3 is 4.90 Å². The van der Waals surface area contributed by atoms with Crippen molar-refractivity contribution in [2.75, 3.05) is 16.8 Å². The molecule has 1 rings (SSSR count). The molecule has 1 aromatic carbocycles. The van der Waals surface area contributed by atoms with Crippen LogP contribution in [0.5, 0.6) is 0 Å². The Hall–Kier alpha value is -1.34. The van der Waals surface area contributed by atoms with Crippen molar-refractivity contribution in [3.05, 3.63) is 30.3 Å². The van der Waals surface area contributed by atoms with Crippen LogP contribution >= 0.6 is 15.9 Å². The van der Waals surface area contributed by atoms with E-state index in [4.69, 9.17) is 5.26 Å². The number of hydrogen-bond acceptors (Lipinski definition) is 2. The molecule has 0 radical (unpaired) electrons. The maximum absolute atomic E-state index is 11.8. The van der Waals surface area contributed by atoms with Gasteiger partial charge in [0, 0.05) is 24.0 Å². The summed E-state index contributed by atoms with van der Waals surface area (Å²) in [6.45, 7) is 0.451. The molecule has 0 bridgehead atoms. The first-order valence-corrected chi connectivity index (χ1v) is 6.20. The van der Waals surface area contributed by atoms with Crippen LogP contribution < -0.4 is 4.90 Å². The van der Waals surface area contributed by atoms with Gasteiger partial charge in [-0.1, -0.05) is 34.1 Å².